The first-order valence-electron chi connectivity index (χ1n) is 10.6. The van der Waals surface area contributed by atoms with Crippen molar-refractivity contribution in [1.29, 1.82) is 0 Å². The van der Waals surface area contributed by atoms with Crippen LogP contribution < -0.4 is 10.6 Å². The fourth-order valence-electron chi connectivity index (χ4n) is 4.38. The zero-order valence-corrected chi connectivity index (χ0v) is 19.2. The van der Waals surface area contributed by atoms with Crippen molar-refractivity contribution in [3.05, 3.63) is 60.6 Å². The second-order valence-electron chi connectivity index (χ2n) is 8.35. The molecule has 1 atom stereocenters. The van der Waals surface area contributed by atoms with E-state index in [9.17, 15) is 13.2 Å². The summed E-state index contributed by atoms with van der Waals surface area (Å²) in [5.74, 6) is 0.359. The molecule has 0 spiro atoms. The van der Waals surface area contributed by atoms with E-state index in [1.54, 1.807) is 6.20 Å². The molecule has 0 bridgehead atoms. The maximum absolute atomic E-state index is 12.5. The molecule has 9 nitrogen and oxygen atoms in total. The minimum atomic E-state index is -3.13. The van der Waals surface area contributed by atoms with Gasteiger partial charge in [-0.25, -0.2) is 13.4 Å². The maximum Gasteiger partial charge on any atom is 0.167 e. The number of rotatable bonds is 4. The fourth-order valence-corrected chi connectivity index (χ4v) is 5.94. The van der Waals surface area contributed by atoms with Gasteiger partial charge >= 0.3 is 0 Å². The van der Waals surface area contributed by atoms with Gasteiger partial charge in [0.05, 0.1) is 17.7 Å². The highest BCUT2D eigenvalue weighted by Gasteiger charge is 2.33. The number of nitrogen functional groups attached to an aromatic ring is 1. The summed E-state index contributed by atoms with van der Waals surface area (Å²) in [5.41, 5.74) is 9.86. The van der Waals surface area contributed by atoms with Crippen LogP contribution in [0.1, 0.15) is 24.2 Å². The molecule has 0 aliphatic carbocycles. The highest BCUT2D eigenvalue weighted by atomic mass is 32.2. The standard InChI is InChI=1S/C23H24N6O3S/c1-15-14-33(31,32)11-10-28(15)23-20(16(2)30)21(24)29-22(26-23)19(12-25-29)17-8-9-27(13-17)18-6-4-3-5-7-18/h3-9,12-13,15H,10-11,14,24H2,1-2H3. The van der Waals surface area contributed by atoms with E-state index in [0.29, 0.717) is 11.5 Å². The monoisotopic (exact) mass is 464 g/mol. The van der Waals surface area contributed by atoms with Crippen LogP contribution in [0.5, 0.6) is 0 Å². The lowest BCUT2D eigenvalue weighted by Crippen LogP contribution is -2.48. The minimum absolute atomic E-state index is 0.00313. The molecule has 1 aliphatic heterocycles. The van der Waals surface area contributed by atoms with Crippen LogP contribution in [0.2, 0.25) is 0 Å². The summed E-state index contributed by atoms with van der Waals surface area (Å²) in [4.78, 5) is 19.2. The number of hydrogen-bond donors (Lipinski definition) is 1. The molecule has 4 aromatic rings. The van der Waals surface area contributed by atoms with E-state index in [-0.39, 0.29) is 41.3 Å². The number of carbonyl (C=O) groups is 1. The van der Waals surface area contributed by atoms with Crippen LogP contribution in [0.3, 0.4) is 0 Å². The molecule has 1 aromatic carbocycles. The van der Waals surface area contributed by atoms with Crippen LogP contribution in [-0.2, 0) is 9.84 Å². The SMILES string of the molecule is CC(=O)c1c(N2CCS(=O)(=O)CC2C)nc2c(-c3ccn(-c4ccccc4)c3)cnn2c1N. The average Bonchev–Trinajstić information content (AvgIpc) is 3.40. The van der Waals surface area contributed by atoms with Crippen LogP contribution in [0, 0.1) is 0 Å². The second kappa shape index (κ2) is 7.73. The normalized spacial score (nSPS) is 18.0. The number of sulfone groups is 1. The summed E-state index contributed by atoms with van der Waals surface area (Å²) in [5, 5.41) is 4.40. The summed E-state index contributed by atoms with van der Waals surface area (Å²) in [7, 11) is -3.13. The van der Waals surface area contributed by atoms with E-state index >= 15 is 0 Å². The summed E-state index contributed by atoms with van der Waals surface area (Å²) in [6.45, 7) is 3.50. The Labute approximate surface area is 191 Å². The highest BCUT2D eigenvalue weighted by Crippen LogP contribution is 2.33. The van der Waals surface area contributed by atoms with Crippen molar-refractivity contribution in [1.82, 2.24) is 19.2 Å². The van der Waals surface area contributed by atoms with Crippen molar-refractivity contribution in [3.8, 4) is 16.8 Å². The number of nitrogens with two attached hydrogens (primary N) is 1. The van der Waals surface area contributed by atoms with Gasteiger partial charge in [-0.15, -0.1) is 0 Å². The average molecular weight is 465 g/mol. The number of para-hydroxylation sites is 1. The van der Waals surface area contributed by atoms with E-state index in [0.717, 1.165) is 16.8 Å². The first-order valence-corrected chi connectivity index (χ1v) is 12.5. The topological polar surface area (TPSA) is 116 Å². The third-order valence-electron chi connectivity index (χ3n) is 6.02. The Morgan fingerprint density at radius 2 is 1.94 bits per heavy atom. The Morgan fingerprint density at radius 1 is 1.18 bits per heavy atom. The van der Waals surface area contributed by atoms with Gasteiger partial charge in [-0.05, 0) is 32.0 Å². The van der Waals surface area contributed by atoms with Gasteiger partial charge in [0.15, 0.2) is 21.3 Å². The Kier molecular flexibility index (Phi) is 4.97. The van der Waals surface area contributed by atoms with Crippen molar-refractivity contribution in [3.63, 3.8) is 0 Å². The predicted octanol–water partition coefficient (Wildman–Crippen LogP) is 2.60. The number of anilines is 2. The van der Waals surface area contributed by atoms with E-state index in [4.69, 9.17) is 10.7 Å². The molecule has 10 heteroatoms. The smallest absolute Gasteiger partial charge is 0.167 e. The number of benzene rings is 1. The van der Waals surface area contributed by atoms with Crippen LogP contribution in [0.25, 0.3) is 22.5 Å². The summed E-state index contributed by atoms with van der Waals surface area (Å²) in [6, 6.07) is 11.6. The lowest BCUT2D eigenvalue weighted by atomic mass is 10.1. The third-order valence-corrected chi connectivity index (χ3v) is 7.81. The number of aromatic nitrogens is 4. The van der Waals surface area contributed by atoms with Crippen LogP contribution >= 0.6 is 0 Å². The number of nitrogens with zero attached hydrogens (tertiary/aromatic N) is 5. The zero-order valence-electron chi connectivity index (χ0n) is 18.3. The second-order valence-corrected chi connectivity index (χ2v) is 10.6. The van der Waals surface area contributed by atoms with Gasteiger partial charge in [0.1, 0.15) is 17.2 Å². The van der Waals surface area contributed by atoms with Crippen molar-refractivity contribution in [2.24, 2.45) is 0 Å². The lowest BCUT2D eigenvalue weighted by Gasteiger charge is -2.35. The number of carbonyl (C=O) groups excluding carboxylic acids is 1. The molecule has 170 valence electrons. The Hall–Kier alpha value is -3.66. The summed E-state index contributed by atoms with van der Waals surface area (Å²) < 4.78 is 27.7. The van der Waals surface area contributed by atoms with Gasteiger partial charge in [0.2, 0.25) is 0 Å². The molecule has 2 N–H and O–H groups in total. The van der Waals surface area contributed by atoms with Crippen LogP contribution in [-0.4, -0.2) is 57.5 Å². The number of Topliss-reactive ketones (excluding diaryl/α,β-unsaturated/α-hetero) is 1. The van der Waals surface area contributed by atoms with Crippen molar-refractivity contribution >= 4 is 32.9 Å². The van der Waals surface area contributed by atoms with Gasteiger partial charge in [0.25, 0.3) is 0 Å². The molecule has 1 fully saturated rings. The van der Waals surface area contributed by atoms with Gasteiger partial charge in [0, 0.05) is 41.8 Å². The third kappa shape index (κ3) is 3.66. The van der Waals surface area contributed by atoms with Gasteiger partial charge in [-0.1, -0.05) is 18.2 Å². The lowest BCUT2D eigenvalue weighted by molar-refractivity contribution is 0.101. The summed E-state index contributed by atoms with van der Waals surface area (Å²) in [6.07, 6.45) is 5.62. The highest BCUT2D eigenvalue weighted by molar-refractivity contribution is 7.91. The van der Waals surface area contributed by atoms with Crippen LogP contribution in [0.4, 0.5) is 11.6 Å². The Balaban J connectivity index is 1.65. The largest absolute Gasteiger partial charge is 0.383 e. The maximum atomic E-state index is 12.5. The van der Waals surface area contributed by atoms with Crippen LogP contribution in [0.15, 0.2) is 55.0 Å². The molecule has 0 amide bonds. The number of ketones is 1. The fraction of sp³-hybridized carbons (Fsp3) is 0.261. The van der Waals surface area contributed by atoms with Crippen molar-refractivity contribution in [2.45, 2.75) is 19.9 Å². The predicted molar refractivity (Wildman–Crippen MR) is 128 cm³/mol. The molecule has 0 radical (unpaired) electrons. The molecule has 1 saturated heterocycles. The zero-order chi connectivity index (χ0) is 23.3. The van der Waals surface area contributed by atoms with Gasteiger partial charge in [-0.3, -0.25) is 4.79 Å². The van der Waals surface area contributed by atoms with E-state index in [1.807, 2.05) is 65.2 Å². The van der Waals surface area contributed by atoms with E-state index in [1.165, 1.54) is 11.4 Å². The van der Waals surface area contributed by atoms with Gasteiger partial charge in [-0.2, -0.15) is 9.61 Å². The molecule has 1 unspecified atom stereocenters. The first kappa shape index (κ1) is 21.2. The molecular weight excluding hydrogens is 440 g/mol. The molecule has 5 rings (SSSR count). The molecule has 33 heavy (non-hydrogen) atoms. The van der Waals surface area contributed by atoms with E-state index < -0.39 is 9.84 Å². The van der Waals surface area contributed by atoms with E-state index in [2.05, 4.69) is 5.10 Å². The Bertz CT molecular complexity index is 1470. The first-order chi connectivity index (χ1) is 15.7. The molecule has 3 aromatic heterocycles. The summed E-state index contributed by atoms with van der Waals surface area (Å²) >= 11 is 0. The van der Waals surface area contributed by atoms with Crippen molar-refractivity contribution in [2.75, 3.05) is 28.7 Å². The molecule has 0 saturated carbocycles. The molecular formula is C23H24N6O3S. The van der Waals surface area contributed by atoms with Crippen molar-refractivity contribution < 1.29 is 13.2 Å². The minimum Gasteiger partial charge on any atom is -0.383 e. The quantitative estimate of drug-likeness (QED) is 0.462. The van der Waals surface area contributed by atoms with Gasteiger partial charge < -0.3 is 15.2 Å². The molecule has 1 aliphatic rings. The molecule has 4 heterocycles. The Morgan fingerprint density at radius 3 is 2.64 bits per heavy atom. The number of hydrogen-bond acceptors (Lipinski definition) is 7. The number of fused-ring (bicyclic) bond motifs is 1.